The van der Waals surface area contributed by atoms with Crippen molar-refractivity contribution in [3.05, 3.63) is 53.6 Å². The van der Waals surface area contributed by atoms with E-state index in [0.717, 1.165) is 16.9 Å². The van der Waals surface area contributed by atoms with Gasteiger partial charge in [0.25, 0.3) is 0 Å². The van der Waals surface area contributed by atoms with Gasteiger partial charge in [-0.3, -0.25) is 0 Å². The number of benzene rings is 2. The Morgan fingerprint density at radius 2 is 1.65 bits per heavy atom. The van der Waals surface area contributed by atoms with Gasteiger partial charge >= 0.3 is 0 Å². The van der Waals surface area contributed by atoms with Crippen molar-refractivity contribution in [1.82, 2.24) is 0 Å². The first kappa shape index (κ1) is 11.5. The third kappa shape index (κ3) is 2.41. The summed E-state index contributed by atoms with van der Waals surface area (Å²) in [6, 6.07) is 14.6. The van der Waals surface area contributed by atoms with Gasteiger partial charge in [-0.05, 0) is 49.2 Å². The van der Waals surface area contributed by atoms with Crippen molar-refractivity contribution in [2.45, 2.75) is 13.8 Å². The van der Waals surface area contributed by atoms with Gasteiger partial charge in [0, 0.05) is 24.1 Å². The number of aryl methyl sites for hydroxylation is 2. The van der Waals surface area contributed by atoms with Crippen LogP contribution in [0.15, 0.2) is 42.5 Å². The highest BCUT2D eigenvalue weighted by Crippen LogP contribution is 2.26. The summed E-state index contributed by atoms with van der Waals surface area (Å²) in [5.41, 5.74) is 11.4. The van der Waals surface area contributed by atoms with Crippen molar-refractivity contribution in [2.24, 2.45) is 0 Å². The first-order valence-electron chi connectivity index (χ1n) is 5.74. The van der Waals surface area contributed by atoms with Crippen LogP contribution in [-0.2, 0) is 0 Å². The van der Waals surface area contributed by atoms with Gasteiger partial charge in [-0.2, -0.15) is 0 Å². The van der Waals surface area contributed by atoms with Crippen molar-refractivity contribution in [2.75, 3.05) is 17.7 Å². The normalized spacial score (nSPS) is 10.3. The molecule has 2 aromatic rings. The maximum Gasteiger partial charge on any atom is 0.0428 e. The molecule has 0 aliphatic carbocycles. The van der Waals surface area contributed by atoms with E-state index in [2.05, 4.69) is 55.3 Å². The van der Waals surface area contributed by atoms with Crippen LogP contribution >= 0.6 is 0 Å². The first-order valence-corrected chi connectivity index (χ1v) is 5.74. The lowest BCUT2D eigenvalue weighted by atomic mass is 10.1. The third-order valence-electron chi connectivity index (χ3n) is 3.04. The summed E-state index contributed by atoms with van der Waals surface area (Å²) in [6.07, 6.45) is 0. The SMILES string of the molecule is Cc1cccc(N(C)c2ccc(C)c(N)c2)c1. The molecule has 0 atom stereocenters. The quantitative estimate of drug-likeness (QED) is 0.792. The minimum atomic E-state index is 0.835. The fraction of sp³-hybridized carbons (Fsp3) is 0.200. The van der Waals surface area contributed by atoms with Crippen LogP contribution in [0.1, 0.15) is 11.1 Å². The minimum Gasteiger partial charge on any atom is -0.398 e. The highest BCUT2D eigenvalue weighted by molar-refractivity contribution is 5.67. The van der Waals surface area contributed by atoms with Gasteiger partial charge in [-0.25, -0.2) is 0 Å². The second-order valence-corrected chi connectivity index (χ2v) is 4.44. The molecule has 0 aliphatic rings. The molecule has 0 amide bonds. The van der Waals surface area contributed by atoms with Crippen LogP contribution in [0, 0.1) is 13.8 Å². The Kier molecular flexibility index (Phi) is 3.05. The van der Waals surface area contributed by atoms with Crippen molar-refractivity contribution in [1.29, 1.82) is 0 Å². The number of hydrogen-bond donors (Lipinski definition) is 1. The Morgan fingerprint density at radius 3 is 2.29 bits per heavy atom. The van der Waals surface area contributed by atoms with Crippen LogP contribution in [0.2, 0.25) is 0 Å². The summed E-state index contributed by atoms with van der Waals surface area (Å²) in [4.78, 5) is 2.14. The monoisotopic (exact) mass is 226 g/mol. The molecule has 0 aliphatic heterocycles. The molecule has 2 heteroatoms. The van der Waals surface area contributed by atoms with Crippen molar-refractivity contribution < 1.29 is 0 Å². The fourth-order valence-corrected chi connectivity index (χ4v) is 1.82. The maximum absolute atomic E-state index is 5.94. The van der Waals surface area contributed by atoms with Gasteiger partial charge in [0.1, 0.15) is 0 Å². The average Bonchev–Trinajstić information content (AvgIpc) is 2.32. The van der Waals surface area contributed by atoms with E-state index in [4.69, 9.17) is 5.73 Å². The molecule has 88 valence electrons. The molecule has 0 bridgehead atoms. The molecular weight excluding hydrogens is 208 g/mol. The van der Waals surface area contributed by atoms with Crippen LogP contribution in [0.4, 0.5) is 17.1 Å². The number of hydrogen-bond acceptors (Lipinski definition) is 2. The van der Waals surface area contributed by atoms with E-state index in [1.807, 2.05) is 13.0 Å². The van der Waals surface area contributed by atoms with E-state index in [-0.39, 0.29) is 0 Å². The Morgan fingerprint density at radius 1 is 0.941 bits per heavy atom. The molecule has 2 N–H and O–H groups in total. The Balaban J connectivity index is 2.36. The summed E-state index contributed by atoms with van der Waals surface area (Å²) in [5, 5.41) is 0. The number of nitrogen functional groups attached to an aromatic ring is 1. The van der Waals surface area contributed by atoms with Crippen molar-refractivity contribution in [3.63, 3.8) is 0 Å². The van der Waals surface area contributed by atoms with E-state index in [9.17, 15) is 0 Å². The molecule has 0 saturated carbocycles. The molecule has 0 aromatic heterocycles. The Bertz CT molecular complexity index is 532. The van der Waals surface area contributed by atoms with Crippen LogP contribution < -0.4 is 10.6 Å². The Labute approximate surface area is 103 Å². The zero-order chi connectivity index (χ0) is 12.4. The molecule has 2 nitrogen and oxygen atoms in total. The number of nitrogens with two attached hydrogens (primary N) is 1. The van der Waals surface area contributed by atoms with Crippen LogP contribution in [0.3, 0.4) is 0 Å². The molecule has 17 heavy (non-hydrogen) atoms. The topological polar surface area (TPSA) is 29.3 Å². The predicted octanol–water partition coefficient (Wildman–Crippen LogP) is 3.65. The predicted molar refractivity (Wildman–Crippen MR) is 74.8 cm³/mol. The van der Waals surface area contributed by atoms with Crippen molar-refractivity contribution in [3.8, 4) is 0 Å². The minimum absolute atomic E-state index is 0.835. The Hall–Kier alpha value is -1.96. The summed E-state index contributed by atoms with van der Waals surface area (Å²) < 4.78 is 0. The molecular formula is C15H18N2. The molecule has 2 rings (SSSR count). The maximum atomic E-state index is 5.94. The molecule has 0 fully saturated rings. The zero-order valence-electron chi connectivity index (χ0n) is 10.6. The van der Waals surface area contributed by atoms with Crippen LogP contribution in [0.5, 0.6) is 0 Å². The second kappa shape index (κ2) is 4.50. The standard InChI is InChI=1S/C15H18N2/c1-11-5-4-6-13(9-11)17(3)14-8-7-12(2)15(16)10-14/h4-10H,16H2,1-3H3. The van der Waals surface area contributed by atoms with E-state index in [1.54, 1.807) is 0 Å². The van der Waals surface area contributed by atoms with Gasteiger partial charge in [0.05, 0.1) is 0 Å². The van der Waals surface area contributed by atoms with E-state index < -0.39 is 0 Å². The molecule has 2 aromatic carbocycles. The molecule has 0 radical (unpaired) electrons. The largest absolute Gasteiger partial charge is 0.398 e. The van der Waals surface area contributed by atoms with E-state index in [1.165, 1.54) is 11.3 Å². The summed E-state index contributed by atoms with van der Waals surface area (Å²) in [6.45, 7) is 4.12. The molecule has 0 unspecified atom stereocenters. The highest BCUT2D eigenvalue weighted by atomic mass is 15.1. The smallest absolute Gasteiger partial charge is 0.0428 e. The van der Waals surface area contributed by atoms with Gasteiger partial charge in [0.15, 0.2) is 0 Å². The zero-order valence-corrected chi connectivity index (χ0v) is 10.6. The summed E-state index contributed by atoms with van der Waals surface area (Å²) in [7, 11) is 2.05. The lowest BCUT2D eigenvalue weighted by molar-refractivity contribution is 1.20. The average molecular weight is 226 g/mol. The third-order valence-corrected chi connectivity index (χ3v) is 3.04. The number of nitrogens with zero attached hydrogens (tertiary/aromatic N) is 1. The molecule has 0 spiro atoms. The number of rotatable bonds is 2. The van der Waals surface area contributed by atoms with Gasteiger partial charge in [-0.15, -0.1) is 0 Å². The molecule has 0 heterocycles. The van der Waals surface area contributed by atoms with Crippen molar-refractivity contribution >= 4 is 17.1 Å². The van der Waals surface area contributed by atoms with Gasteiger partial charge in [0.2, 0.25) is 0 Å². The molecule has 0 saturated heterocycles. The fourth-order valence-electron chi connectivity index (χ4n) is 1.82. The van der Waals surface area contributed by atoms with E-state index >= 15 is 0 Å². The van der Waals surface area contributed by atoms with Gasteiger partial charge in [-0.1, -0.05) is 18.2 Å². The summed E-state index contributed by atoms with van der Waals surface area (Å²) in [5.74, 6) is 0. The van der Waals surface area contributed by atoms with Gasteiger partial charge < -0.3 is 10.6 Å². The lowest BCUT2D eigenvalue weighted by Crippen LogP contribution is -2.10. The number of anilines is 3. The second-order valence-electron chi connectivity index (χ2n) is 4.44. The van der Waals surface area contributed by atoms with E-state index in [0.29, 0.717) is 0 Å². The van der Waals surface area contributed by atoms with Crippen LogP contribution in [0.25, 0.3) is 0 Å². The lowest BCUT2D eigenvalue weighted by Gasteiger charge is -2.20. The highest BCUT2D eigenvalue weighted by Gasteiger charge is 2.05. The van der Waals surface area contributed by atoms with Crippen LogP contribution in [-0.4, -0.2) is 7.05 Å². The first-order chi connectivity index (χ1) is 8.08. The summed E-state index contributed by atoms with van der Waals surface area (Å²) >= 11 is 0.